The Labute approximate surface area is 58.9 Å². The smallest absolute Gasteiger partial charge is 0.141 e. The normalized spacial score (nSPS) is 8.80. The summed E-state index contributed by atoms with van der Waals surface area (Å²) in [7, 11) is 0. The van der Waals surface area contributed by atoms with E-state index in [2.05, 4.69) is 10.9 Å². The van der Waals surface area contributed by atoms with E-state index in [1.807, 2.05) is 0 Å². The Balaban J connectivity index is 2.81. The van der Waals surface area contributed by atoms with Gasteiger partial charge in [-0.2, -0.15) is 0 Å². The van der Waals surface area contributed by atoms with E-state index in [-0.39, 0.29) is 5.82 Å². The lowest BCUT2D eigenvalue weighted by Crippen LogP contribution is -1.86. The Bertz CT molecular complexity index is 245. The van der Waals surface area contributed by atoms with E-state index in [4.69, 9.17) is 6.42 Å². The highest BCUT2D eigenvalue weighted by atomic mass is 19.1. The molecule has 0 aliphatic rings. The molecule has 0 spiro atoms. The van der Waals surface area contributed by atoms with Crippen LogP contribution in [0.15, 0.2) is 18.3 Å². The molecule has 0 bridgehead atoms. The van der Waals surface area contributed by atoms with Crippen molar-refractivity contribution < 1.29 is 4.39 Å². The molecule has 10 heavy (non-hydrogen) atoms. The predicted octanol–water partition coefficient (Wildman–Crippen LogP) is 1.40. The number of nitrogens with zero attached hydrogens (tertiary/aromatic N) is 1. The number of hydrogen-bond donors (Lipinski definition) is 0. The minimum Gasteiger partial charge on any atom is -0.257 e. The molecular weight excluding hydrogens is 129 g/mol. The first-order valence-electron chi connectivity index (χ1n) is 2.87. The molecule has 0 saturated heterocycles. The van der Waals surface area contributed by atoms with Crippen molar-refractivity contribution in [2.24, 2.45) is 0 Å². The van der Waals surface area contributed by atoms with Gasteiger partial charge in [-0.05, 0) is 12.1 Å². The molecule has 0 saturated carbocycles. The van der Waals surface area contributed by atoms with E-state index in [0.717, 1.165) is 11.9 Å². The van der Waals surface area contributed by atoms with Crippen molar-refractivity contribution in [3.8, 4) is 12.3 Å². The van der Waals surface area contributed by atoms with Gasteiger partial charge in [-0.15, -0.1) is 12.3 Å². The van der Waals surface area contributed by atoms with Gasteiger partial charge in [0.25, 0.3) is 0 Å². The fraction of sp³-hybridized carbons (Fsp3) is 0.125. The molecule has 1 nitrogen and oxygen atoms in total. The molecule has 0 aliphatic heterocycles. The van der Waals surface area contributed by atoms with Crippen LogP contribution >= 0.6 is 0 Å². The SMILES string of the molecule is C#CCc1ccc(F)cn1. The standard InChI is InChI=1S/C8H6FN/c1-2-3-8-5-4-7(9)6-10-8/h1,4-6H,3H2. The van der Waals surface area contributed by atoms with Gasteiger partial charge in [0.1, 0.15) is 5.82 Å². The van der Waals surface area contributed by atoms with Crippen LogP contribution in [0.25, 0.3) is 0 Å². The Morgan fingerprint density at radius 2 is 2.40 bits per heavy atom. The van der Waals surface area contributed by atoms with Gasteiger partial charge in [-0.3, -0.25) is 4.98 Å². The summed E-state index contributed by atoms with van der Waals surface area (Å²) >= 11 is 0. The average Bonchev–Trinajstić information content (AvgIpc) is 1.95. The van der Waals surface area contributed by atoms with Crippen molar-refractivity contribution in [3.63, 3.8) is 0 Å². The number of hydrogen-bond acceptors (Lipinski definition) is 1. The fourth-order valence-corrected chi connectivity index (χ4v) is 0.616. The maximum absolute atomic E-state index is 12.2. The molecule has 0 radical (unpaired) electrons. The summed E-state index contributed by atoms with van der Waals surface area (Å²) in [5.74, 6) is 2.09. The lowest BCUT2D eigenvalue weighted by molar-refractivity contribution is 0.620. The Kier molecular flexibility index (Phi) is 2.01. The molecule has 1 rings (SSSR count). The largest absolute Gasteiger partial charge is 0.257 e. The average molecular weight is 135 g/mol. The monoisotopic (exact) mass is 135 g/mol. The summed E-state index contributed by atoms with van der Waals surface area (Å²) in [5, 5.41) is 0. The van der Waals surface area contributed by atoms with Crippen LogP contribution in [-0.2, 0) is 6.42 Å². The first kappa shape index (κ1) is 6.76. The second-order valence-corrected chi connectivity index (χ2v) is 1.85. The number of rotatable bonds is 1. The molecule has 0 N–H and O–H groups in total. The number of terminal acetylenes is 1. The number of aromatic nitrogens is 1. The summed E-state index contributed by atoms with van der Waals surface area (Å²) in [6.45, 7) is 0. The molecule has 0 aliphatic carbocycles. The molecule has 1 aromatic rings. The second-order valence-electron chi connectivity index (χ2n) is 1.85. The summed E-state index contributed by atoms with van der Waals surface area (Å²) in [4.78, 5) is 3.75. The van der Waals surface area contributed by atoms with Gasteiger partial charge >= 0.3 is 0 Å². The molecule has 50 valence electrons. The Morgan fingerprint density at radius 1 is 1.60 bits per heavy atom. The van der Waals surface area contributed by atoms with Gasteiger partial charge in [-0.1, -0.05) is 0 Å². The molecule has 0 atom stereocenters. The predicted molar refractivity (Wildman–Crippen MR) is 36.7 cm³/mol. The van der Waals surface area contributed by atoms with Crippen LogP contribution in [0, 0.1) is 18.2 Å². The van der Waals surface area contributed by atoms with Gasteiger partial charge < -0.3 is 0 Å². The molecule has 2 heteroatoms. The minimum absolute atomic E-state index is 0.333. The summed E-state index contributed by atoms with van der Waals surface area (Å²) in [5.41, 5.74) is 0.726. The van der Waals surface area contributed by atoms with Crippen LogP contribution in [-0.4, -0.2) is 4.98 Å². The van der Waals surface area contributed by atoms with Crippen molar-refractivity contribution >= 4 is 0 Å². The van der Waals surface area contributed by atoms with E-state index >= 15 is 0 Å². The quantitative estimate of drug-likeness (QED) is 0.530. The highest BCUT2D eigenvalue weighted by Gasteiger charge is 1.90. The summed E-state index contributed by atoms with van der Waals surface area (Å²) < 4.78 is 12.2. The molecular formula is C8H6FN. The van der Waals surface area contributed by atoms with Crippen molar-refractivity contribution in [3.05, 3.63) is 29.8 Å². The maximum Gasteiger partial charge on any atom is 0.141 e. The van der Waals surface area contributed by atoms with E-state index in [1.54, 1.807) is 6.07 Å². The van der Waals surface area contributed by atoms with Gasteiger partial charge in [-0.25, -0.2) is 4.39 Å². The summed E-state index contributed by atoms with van der Waals surface area (Å²) in [6, 6.07) is 2.93. The van der Waals surface area contributed by atoms with Gasteiger partial charge in [0.05, 0.1) is 18.3 Å². The maximum atomic E-state index is 12.2. The third kappa shape index (κ3) is 1.56. The van der Waals surface area contributed by atoms with Crippen LogP contribution in [0.4, 0.5) is 4.39 Å². The van der Waals surface area contributed by atoms with Crippen molar-refractivity contribution in [2.45, 2.75) is 6.42 Å². The number of pyridine rings is 1. The molecule has 0 fully saturated rings. The first-order chi connectivity index (χ1) is 4.83. The van der Waals surface area contributed by atoms with Crippen LogP contribution in [0.5, 0.6) is 0 Å². The second kappa shape index (κ2) is 2.98. The van der Waals surface area contributed by atoms with Gasteiger partial charge in [0, 0.05) is 0 Å². The van der Waals surface area contributed by atoms with Gasteiger partial charge in [0.15, 0.2) is 0 Å². The van der Waals surface area contributed by atoms with Crippen molar-refractivity contribution in [1.82, 2.24) is 4.98 Å². The zero-order valence-corrected chi connectivity index (χ0v) is 5.34. The van der Waals surface area contributed by atoms with Gasteiger partial charge in [0.2, 0.25) is 0 Å². The van der Waals surface area contributed by atoms with Crippen LogP contribution < -0.4 is 0 Å². The van der Waals surface area contributed by atoms with E-state index in [1.165, 1.54) is 6.07 Å². The highest BCUT2D eigenvalue weighted by Crippen LogP contribution is 1.97. The lowest BCUT2D eigenvalue weighted by atomic mass is 10.3. The van der Waals surface area contributed by atoms with Crippen LogP contribution in [0.3, 0.4) is 0 Å². The van der Waals surface area contributed by atoms with Crippen LogP contribution in [0.2, 0.25) is 0 Å². The molecule has 1 heterocycles. The fourth-order valence-electron chi connectivity index (χ4n) is 0.616. The van der Waals surface area contributed by atoms with E-state index in [9.17, 15) is 4.39 Å². The summed E-state index contributed by atoms with van der Waals surface area (Å²) in [6.07, 6.45) is 6.63. The first-order valence-corrected chi connectivity index (χ1v) is 2.87. The zero-order valence-electron chi connectivity index (χ0n) is 5.34. The highest BCUT2D eigenvalue weighted by molar-refractivity contribution is 5.10. The van der Waals surface area contributed by atoms with E-state index in [0.29, 0.717) is 6.42 Å². The van der Waals surface area contributed by atoms with E-state index < -0.39 is 0 Å². The topological polar surface area (TPSA) is 12.9 Å². The zero-order chi connectivity index (χ0) is 7.40. The number of halogens is 1. The molecule has 0 aromatic carbocycles. The molecule has 1 aromatic heterocycles. The minimum atomic E-state index is -0.333. The molecule has 0 unspecified atom stereocenters. The third-order valence-electron chi connectivity index (χ3n) is 1.07. The third-order valence-corrected chi connectivity index (χ3v) is 1.07. The van der Waals surface area contributed by atoms with Crippen molar-refractivity contribution in [2.75, 3.05) is 0 Å². The Morgan fingerprint density at radius 3 is 2.90 bits per heavy atom. The van der Waals surface area contributed by atoms with Crippen LogP contribution in [0.1, 0.15) is 5.69 Å². The van der Waals surface area contributed by atoms with Crippen molar-refractivity contribution in [1.29, 1.82) is 0 Å². The molecule has 0 amide bonds. The Hall–Kier alpha value is -1.36. The lowest BCUT2D eigenvalue weighted by Gasteiger charge is -1.91.